The fourth-order valence-corrected chi connectivity index (χ4v) is 4.03. The summed E-state index contributed by atoms with van der Waals surface area (Å²) in [6.07, 6.45) is 6.82. The van der Waals surface area contributed by atoms with Gasteiger partial charge >= 0.3 is 0 Å². The third kappa shape index (κ3) is 4.43. The van der Waals surface area contributed by atoms with E-state index in [9.17, 15) is 4.79 Å². The summed E-state index contributed by atoms with van der Waals surface area (Å²) in [5.41, 5.74) is 5.85. The van der Waals surface area contributed by atoms with Gasteiger partial charge in [-0.2, -0.15) is 5.10 Å². The average Bonchev–Trinajstić information content (AvgIpc) is 3.39. The number of carbonyl (C=O) groups excluding carboxylic acids is 1. The molecule has 3 aromatic heterocycles. The molecule has 4 heterocycles. The van der Waals surface area contributed by atoms with Gasteiger partial charge in [-0.3, -0.25) is 19.9 Å². The molecule has 1 amide bonds. The molecule has 0 saturated carbocycles. The van der Waals surface area contributed by atoms with E-state index in [0.29, 0.717) is 18.8 Å². The molecule has 1 aliphatic rings. The highest BCUT2D eigenvalue weighted by atomic mass is 16.5. The summed E-state index contributed by atoms with van der Waals surface area (Å²) in [6, 6.07) is 17.1. The van der Waals surface area contributed by atoms with Crippen LogP contribution in [0.4, 0.5) is 0 Å². The topological polar surface area (TPSA) is 84.0 Å². The third-order valence-electron chi connectivity index (χ3n) is 5.88. The number of carbonyl (C=O) groups is 1. The number of ether oxygens (including phenoxy) is 1. The molecule has 1 aliphatic heterocycles. The summed E-state index contributed by atoms with van der Waals surface area (Å²) in [7, 11) is 6.11. The molecule has 0 aliphatic carbocycles. The molecule has 0 bridgehead atoms. The van der Waals surface area contributed by atoms with Gasteiger partial charge in [0.2, 0.25) is 13.9 Å². The summed E-state index contributed by atoms with van der Waals surface area (Å²) in [5, 5.41) is 7.26. The summed E-state index contributed by atoms with van der Waals surface area (Å²) in [4.78, 5) is 23.1. The molecule has 0 spiro atoms. The number of hydrogen-bond donors (Lipinski definition) is 1. The van der Waals surface area contributed by atoms with Crippen molar-refractivity contribution in [3.63, 3.8) is 0 Å². The minimum Gasteiger partial charge on any atom is -0.390 e. The Morgan fingerprint density at radius 3 is 2.52 bits per heavy atom. The molecule has 162 valence electrons. The molecule has 4 aromatic rings. The number of pyridine rings is 2. The Kier molecular flexibility index (Phi) is 6.00. The first-order valence-electron chi connectivity index (χ1n) is 10.9. The predicted octanol–water partition coefficient (Wildman–Crippen LogP) is 3.91. The van der Waals surface area contributed by atoms with Gasteiger partial charge in [0.25, 0.3) is 0 Å². The lowest BCUT2D eigenvalue weighted by Gasteiger charge is -2.32. The van der Waals surface area contributed by atoms with Crippen LogP contribution < -0.4 is 0 Å². The monoisotopic (exact) mass is 435 g/mol. The van der Waals surface area contributed by atoms with E-state index in [1.54, 1.807) is 30.7 Å². The SMILES string of the molecule is [B]N(C(=O)c1ccc(-c2cc(-c3cn[nH]c3-c3ccccn3)ccn2)cc1)C1CCOCC1. The smallest absolute Gasteiger partial charge is 0.241 e. The van der Waals surface area contributed by atoms with Crippen molar-refractivity contribution in [2.75, 3.05) is 13.2 Å². The van der Waals surface area contributed by atoms with Crippen LogP contribution in [0.15, 0.2) is 73.2 Å². The van der Waals surface area contributed by atoms with Crippen LogP contribution in [0.5, 0.6) is 0 Å². The molecule has 1 fully saturated rings. The molecular formula is C25H22BN5O2. The highest BCUT2D eigenvalue weighted by Crippen LogP contribution is 2.31. The van der Waals surface area contributed by atoms with Gasteiger partial charge < -0.3 is 9.55 Å². The Hall–Kier alpha value is -3.78. The number of hydrogen-bond acceptors (Lipinski definition) is 5. The normalized spacial score (nSPS) is 14.2. The lowest BCUT2D eigenvalue weighted by molar-refractivity contribution is 0.0498. The van der Waals surface area contributed by atoms with Crippen LogP contribution in [-0.4, -0.2) is 58.1 Å². The maximum atomic E-state index is 12.8. The molecule has 33 heavy (non-hydrogen) atoms. The maximum Gasteiger partial charge on any atom is 0.241 e. The molecule has 7 nitrogen and oxygen atoms in total. The Balaban J connectivity index is 1.38. The van der Waals surface area contributed by atoms with E-state index in [2.05, 4.69) is 20.2 Å². The van der Waals surface area contributed by atoms with Gasteiger partial charge in [-0.1, -0.05) is 18.2 Å². The zero-order valence-corrected chi connectivity index (χ0v) is 18.0. The van der Waals surface area contributed by atoms with Gasteiger partial charge in [-0.05, 0) is 54.8 Å². The molecule has 8 heteroatoms. The second-order valence-corrected chi connectivity index (χ2v) is 7.94. The molecule has 0 unspecified atom stereocenters. The zero-order chi connectivity index (χ0) is 22.6. The van der Waals surface area contributed by atoms with E-state index in [4.69, 9.17) is 12.7 Å². The third-order valence-corrected chi connectivity index (χ3v) is 5.88. The van der Waals surface area contributed by atoms with Crippen molar-refractivity contribution < 1.29 is 9.53 Å². The summed E-state index contributed by atoms with van der Waals surface area (Å²) in [5.74, 6) is -0.187. The number of H-pyrrole nitrogens is 1. The second kappa shape index (κ2) is 9.38. The van der Waals surface area contributed by atoms with Crippen molar-refractivity contribution in [2.24, 2.45) is 0 Å². The van der Waals surface area contributed by atoms with Crippen LogP contribution in [0.25, 0.3) is 33.8 Å². The first kappa shape index (κ1) is 21.1. The molecule has 1 aromatic carbocycles. The number of aromatic amines is 1. The van der Waals surface area contributed by atoms with Gasteiger partial charge in [0.1, 0.15) is 0 Å². The van der Waals surface area contributed by atoms with E-state index in [1.165, 1.54) is 4.81 Å². The molecular weight excluding hydrogens is 413 g/mol. The summed E-state index contributed by atoms with van der Waals surface area (Å²) >= 11 is 0. The van der Waals surface area contributed by atoms with Crippen molar-refractivity contribution in [1.29, 1.82) is 0 Å². The standard InChI is InChI=1S/C25H22BN5O2/c26-31(20-9-13-33-14-10-20)25(32)18-6-4-17(5-7-18)23-15-19(8-12-28-23)21-16-29-30-24(21)22-3-1-2-11-27-22/h1-8,11-12,15-16,20H,9-10,13-14H2,(H,29,30). The van der Waals surface area contributed by atoms with Gasteiger partial charge in [-0.25, -0.2) is 0 Å². The largest absolute Gasteiger partial charge is 0.390 e. The average molecular weight is 435 g/mol. The van der Waals surface area contributed by atoms with Crippen molar-refractivity contribution in [2.45, 2.75) is 18.9 Å². The van der Waals surface area contributed by atoms with Crippen LogP contribution >= 0.6 is 0 Å². The number of amides is 1. The highest BCUT2D eigenvalue weighted by Gasteiger charge is 2.23. The van der Waals surface area contributed by atoms with Crippen LogP contribution in [-0.2, 0) is 4.74 Å². The van der Waals surface area contributed by atoms with Gasteiger partial charge in [0, 0.05) is 48.3 Å². The molecule has 1 N–H and O–H groups in total. The lowest BCUT2D eigenvalue weighted by Crippen LogP contribution is -2.41. The minimum atomic E-state index is -0.187. The van der Waals surface area contributed by atoms with Crippen LogP contribution in [0, 0.1) is 0 Å². The second-order valence-electron chi connectivity index (χ2n) is 7.94. The number of rotatable bonds is 5. The molecule has 2 radical (unpaired) electrons. The van der Waals surface area contributed by atoms with Crippen molar-refractivity contribution in [3.05, 3.63) is 78.8 Å². The van der Waals surface area contributed by atoms with E-state index in [-0.39, 0.29) is 11.9 Å². The predicted molar refractivity (Wildman–Crippen MR) is 126 cm³/mol. The first-order valence-corrected chi connectivity index (χ1v) is 10.9. The van der Waals surface area contributed by atoms with Gasteiger partial charge in [0.15, 0.2) is 0 Å². The van der Waals surface area contributed by atoms with Crippen LogP contribution in [0.3, 0.4) is 0 Å². The zero-order valence-electron chi connectivity index (χ0n) is 18.0. The van der Waals surface area contributed by atoms with Crippen LogP contribution in [0.2, 0.25) is 0 Å². The van der Waals surface area contributed by atoms with Crippen LogP contribution in [0.1, 0.15) is 23.2 Å². The van der Waals surface area contributed by atoms with E-state index in [1.807, 2.05) is 42.5 Å². The highest BCUT2D eigenvalue weighted by molar-refractivity contribution is 6.18. The van der Waals surface area contributed by atoms with Gasteiger partial charge in [0.05, 0.1) is 23.3 Å². The number of nitrogens with one attached hydrogen (secondary N) is 1. The minimum absolute atomic E-state index is 0.00698. The van der Waals surface area contributed by atoms with E-state index in [0.717, 1.165) is 46.6 Å². The number of nitrogens with zero attached hydrogens (tertiary/aromatic N) is 4. The van der Waals surface area contributed by atoms with E-state index >= 15 is 0 Å². The molecule has 5 rings (SSSR count). The Morgan fingerprint density at radius 1 is 0.970 bits per heavy atom. The molecule has 1 saturated heterocycles. The Bertz CT molecular complexity index is 1240. The Labute approximate surface area is 193 Å². The Morgan fingerprint density at radius 2 is 1.76 bits per heavy atom. The van der Waals surface area contributed by atoms with Crippen molar-refractivity contribution in [1.82, 2.24) is 25.0 Å². The molecule has 0 atom stereocenters. The number of benzene rings is 1. The fourth-order valence-electron chi connectivity index (χ4n) is 4.03. The van der Waals surface area contributed by atoms with Crippen molar-refractivity contribution in [3.8, 4) is 33.8 Å². The fraction of sp³-hybridized carbons (Fsp3) is 0.200. The van der Waals surface area contributed by atoms with E-state index < -0.39 is 0 Å². The number of aromatic nitrogens is 4. The maximum absolute atomic E-state index is 12.8. The summed E-state index contributed by atoms with van der Waals surface area (Å²) < 4.78 is 5.36. The quantitative estimate of drug-likeness (QED) is 0.481. The lowest BCUT2D eigenvalue weighted by atomic mass is 9.99. The van der Waals surface area contributed by atoms with Gasteiger partial charge in [-0.15, -0.1) is 0 Å². The summed E-state index contributed by atoms with van der Waals surface area (Å²) in [6.45, 7) is 1.26. The van der Waals surface area contributed by atoms with Crippen molar-refractivity contribution >= 4 is 13.9 Å². The first-order chi connectivity index (χ1) is 16.2.